The number of rotatable bonds is 5. The van der Waals surface area contributed by atoms with E-state index in [1.807, 2.05) is 61.5 Å². The van der Waals surface area contributed by atoms with Crippen LogP contribution in [0.25, 0.3) is 11.3 Å². The van der Waals surface area contributed by atoms with E-state index < -0.39 is 0 Å². The van der Waals surface area contributed by atoms with Crippen molar-refractivity contribution in [1.29, 1.82) is 0 Å². The van der Waals surface area contributed by atoms with Crippen LogP contribution in [-0.4, -0.2) is 21.3 Å². The molecule has 5 nitrogen and oxygen atoms in total. The van der Waals surface area contributed by atoms with E-state index in [1.54, 1.807) is 12.4 Å². The zero-order valence-corrected chi connectivity index (χ0v) is 14.6. The molecule has 0 amide bonds. The van der Waals surface area contributed by atoms with E-state index in [9.17, 15) is 0 Å². The number of pyridine rings is 1. The third-order valence-corrected chi connectivity index (χ3v) is 3.86. The molecule has 126 valence electrons. The van der Waals surface area contributed by atoms with Crippen LogP contribution < -0.4 is 5.73 Å². The molecule has 0 aliphatic heterocycles. The van der Waals surface area contributed by atoms with Crippen LogP contribution in [0.3, 0.4) is 0 Å². The van der Waals surface area contributed by atoms with Crippen LogP contribution >= 0.6 is 12.2 Å². The third kappa shape index (κ3) is 4.30. The van der Waals surface area contributed by atoms with Gasteiger partial charge in [-0.25, -0.2) is 5.01 Å². The molecule has 3 aromatic rings. The summed E-state index contributed by atoms with van der Waals surface area (Å²) in [6.45, 7) is 2.45. The van der Waals surface area contributed by atoms with Crippen molar-refractivity contribution in [3.8, 4) is 11.3 Å². The first-order valence-electron chi connectivity index (χ1n) is 7.80. The summed E-state index contributed by atoms with van der Waals surface area (Å²) in [7, 11) is 0. The first kappa shape index (κ1) is 16.9. The lowest BCUT2D eigenvalue weighted by atomic mass is 10.1. The topological polar surface area (TPSA) is 67.7 Å². The zero-order valence-electron chi connectivity index (χ0n) is 13.8. The summed E-state index contributed by atoms with van der Waals surface area (Å²) in [5, 5.41) is 6.01. The van der Waals surface area contributed by atoms with Gasteiger partial charge >= 0.3 is 0 Å². The van der Waals surface area contributed by atoms with E-state index in [0.717, 1.165) is 22.6 Å². The molecule has 2 aromatic heterocycles. The number of furan rings is 1. The van der Waals surface area contributed by atoms with Crippen LogP contribution in [0.1, 0.15) is 17.0 Å². The largest absolute Gasteiger partial charge is 0.455 e. The molecule has 0 aliphatic rings. The predicted octanol–water partition coefficient (Wildman–Crippen LogP) is 3.73. The van der Waals surface area contributed by atoms with Gasteiger partial charge in [0.25, 0.3) is 0 Å². The molecule has 2 heterocycles. The number of thiocarbonyl (C=S) groups is 1. The van der Waals surface area contributed by atoms with Crippen LogP contribution in [0.5, 0.6) is 0 Å². The van der Waals surface area contributed by atoms with Crippen molar-refractivity contribution in [3.63, 3.8) is 0 Å². The maximum absolute atomic E-state index is 5.86. The fraction of sp³-hybridized carbons (Fsp3) is 0.105. The van der Waals surface area contributed by atoms with Gasteiger partial charge in [0.2, 0.25) is 0 Å². The number of aryl methyl sites for hydroxylation is 1. The summed E-state index contributed by atoms with van der Waals surface area (Å²) in [5.74, 6) is 1.42. The first-order valence-corrected chi connectivity index (χ1v) is 8.21. The van der Waals surface area contributed by atoms with Gasteiger partial charge in [0.15, 0.2) is 5.11 Å². The quantitative estimate of drug-likeness (QED) is 0.431. The molecule has 0 atom stereocenters. The number of hydrogen-bond donors (Lipinski definition) is 1. The van der Waals surface area contributed by atoms with Gasteiger partial charge in [-0.3, -0.25) is 4.98 Å². The van der Waals surface area contributed by atoms with E-state index in [-0.39, 0.29) is 5.11 Å². The molecule has 6 heteroatoms. The van der Waals surface area contributed by atoms with Crippen molar-refractivity contribution in [2.75, 3.05) is 0 Å². The number of benzene rings is 1. The Hall–Kier alpha value is -2.99. The molecule has 0 unspecified atom stereocenters. The summed E-state index contributed by atoms with van der Waals surface area (Å²) >= 11 is 5.06. The molecule has 0 aliphatic carbocycles. The molecule has 25 heavy (non-hydrogen) atoms. The van der Waals surface area contributed by atoms with Gasteiger partial charge in [0.05, 0.1) is 18.5 Å². The summed E-state index contributed by atoms with van der Waals surface area (Å²) in [6, 6.07) is 17.5. The number of hydrogen-bond acceptors (Lipinski definition) is 4. The molecular formula is C19H18N4OS. The Morgan fingerprint density at radius 2 is 2.00 bits per heavy atom. The van der Waals surface area contributed by atoms with Gasteiger partial charge < -0.3 is 10.2 Å². The van der Waals surface area contributed by atoms with E-state index in [0.29, 0.717) is 12.3 Å². The molecule has 0 saturated carbocycles. The van der Waals surface area contributed by atoms with Crippen molar-refractivity contribution >= 4 is 23.5 Å². The minimum Gasteiger partial charge on any atom is -0.455 e. The second kappa shape index (κ2) is 7.72. The van der Waals surface area contributed by atoms with Gasteiger partial charge in [-0.05, 0) is 49.0 Å². The van der Waals surface area contributed by atoms with Crippen LogP contribution in [-0.2, 0) is 6.54 Å². The Morgan fingerprint density at radius 1 is 1.20 bits per heavy atom. The minimum atomic E-state index is 0.174. The lowest BCUT2D eigenvalue weighted by molar-refractivity contribution is 0.437. The fourth-order valence-electron chi connectivity index (χ4n) is 2.36. The van der Waals surface area contributed by atoms with Gasteiger partial charge in [0.1, 0.15) is 11.5 Å². The highest BCUT2D eigenvalue weighted by Gasteiger charge is 2.08. The lowest BCUT2D eigenvalue weighted by Gasteiger charge is -2.15. The molecule has 3 rings (SSSR count). The summed E-state index contributed by atoms with van der Waals surface area (Å²) in [4.78, 5) is 4.26. The average Bonchev–Trinajstić information content (AvgIpc) is 3.08. The van der Waals surface area contributed by atoms with E-state index >= 15 is 0 Å². The third-order valence-electron chi connectivity index (χ3n) is 3.65. The Labute approximate surface area is 151 Å². The number of aromatic nitrogens is 1. The number of hydrazone groups is 1. The highest BCUT2D eigenvalue weighted by atomic mass is 32.1. The molecule has 2 N–H and O–H groups in total. The SMILES string of the molecule is Cc1ccccc1-c1ccc(C=NN(Cc2ccccn2)C(N)=S)o1. The summed E-state index contributed by atoms with van der Waals surface area (Å²) in [6.07, 6.45) is 3.32. The Balaban J connectivity index is 1.76. The second-order valence-corrected chi connectivity index (χ2v) is 5.90. The highest BCUT2D eigenvalue weighted by Crippen LogP contribution is 2.24. The molecule has 0 fully saturated rings. The highest BCUT2D eigenvalue weighted by molar-refractivity contribution is 7.80. The molecular weight excluding hydrogens is 332 g/mol. The molecule has 0 radical (unpaired) electrons. The van der Waals surface area contributed by atoms with Gasteiger partial charge in [-0.15, -0.1) is 0 Å². The van der Waals surface area contributed by atoms with Gasteiger partial charge in [-0.1, -0.05) is 30.3 Å². The predicted molar refractivity (Wildman–Crippen MR) is 103 cm³/mol. The molecule has 0 bridgehead atoms. The van der Waals surface area contributed by atoms with Crippen LogP contribution in [0, 0.1) is 6.92 Å². The van der Waals surface area contributed by atoms with Crippen LogP contribution in [0.15, 0.2) is 70.3 Å². The Bertz CT molecular complexity index is 889. The van der Waals surface area contributed by atoms with Crippen molar-refractivity contribution in [2.45, 2.75) is 13.5 Å². The summed E-state index contributed by atoms with van der Waals surface area (Å²) in [5.41, 5.74) is 8.79. The lowest BCUT2D eigenvalue weighted by Crippen LogP contribution is -2.30. The monoisotopic (exact) mass is 350 g/mol. The van der Waals surface area contributed by atoms with Crippen LogP contribution in [0.2, 0.25) is 0 Å². The molecule has 0 spiro atoms. The Morgan fingerprint density at radius 3 is 2.72 bits per heavy atom. The normalized spacial score (nSPS) is 10.9. The zero-order chi connectivity index (χ0) is 17.6. The van der Waals surface area contributed by atoms with E-state index in [4.69, 9.17) is 22.4 Å². The van der Waals surface area contributed by atoms with Gasteiger partial charge in [-0.2, -0.15) is 5.10 Å². The maximum atomic E-state index is 5.86. The number of nitrogens with two attached hydrogens (primary N) is 1. The Kier molecular flexibility index (Phi) is 5.20. The molecule has 1 aromatic carbocycles. The van der Waals surface area contributed by atoms with Crippen LogP contribution in [0.4, 0.5) is 0 Å². The standard InChI is InChI=1S/C19H18N4OS/c1-14-6-2-3-8-17(14)18-10-9-16(24-18)12-22-23(19(20)25)13-15-7-4-5-11-21-15/h2-12H,13H2,1H3,(H2,20,25). The summed E-state index contributed by atoms with van der Waals surface area (Å²) < 4.78 is 5.86. The van der Waals surface area contributed by atoms with Crippen molar-refractivity contribution < 1.29 is 4.42 Å². The smallest absolute Gasteiger partial charge is 0.187 e. The van der Waals surface area contributed by atoms with Gasteiger partial charge in [0, 0.05) is 11.8 Å². The van der Waals surface area contributed by atoms with Crippen molar-refractivity contribution in [3.05, 3.63) is 77.8 Å². The maximum Gasteiger partial charge on any atom is 0.187 e. The van der Waals surface area contributed by atoms with E-state index in [1.165, 1.54) is 5.01 Å². The molecule has 0 saturated heterocycles. The fourth-order valence-corrected chi connectivity index (χ4v) is 2.48. The minimum absolute atomic E-state index is 0.174. The van der Waals surface area contributed by atoms with Crippen molar-refractivity contribution in [2.24, 2.45) is 10.8 Å². The first-order chi connectivity index (χ1) is 12.1. The second-order valence-electron chi connectivity index (χ2n) is 5.48. The average molecular weight is 350 g/mol. The van der Waals surface area contributed by atoms with Crippen molar-refractivity contribution in [1.82, 2.24) is 9.99 Å². The van der Waals surface area contributed by atoms with E-state index in [2.05, 4.69) is 10.1 Å². The number of nitrogens with zero attached hydrogens (tertiary/aromatic N) is 3.